The molecule has 1 amide bonds. The Morgan fingerprint density at radius 1 is 0.694 bits per heavy atom. The number of benzene rings is 4. The fourth-order valence-electron chi connectivity index (χ4n) is 3.13. The molecule has 4 aromatic rings. The third-order valence-electron chi connectivity index (χ3n) is 5.04. The van der Waals surface area contributed by atoms with Gasteiger partial charge in [0, 0.05) is 5.02 Å². The van der Waals surface area contributed by atoms with Crippen LogP contribution >= 0.6 is 11.6 Å². The van der Waals surface area contributed by atoms with E-state index in [1.807, 2.05) is 78.9 Å². The maximum atomic E-state index is 12.0. The zero-order valence-electron chi connectivity index (χ0n) is 19.5. The first kappa shape index (κ1) is 24.8. The second-order valence-corrected chi connectivity index (χ2v) is 8.25. The monoisotopic (exact) mass is 500 g/mol. The molecule has 4 rings (SSSR count). The standard InChI is InChI=1S/C29H25ClN2O4/c30-25-10-6-24(7-11-25)20-35-26-12-8-22(9-13-26)18-31-32-29(33)21-36-28-16-14-27(15-17-28)34-19-23-4-2-1-3-5-23/h1-18H,19-21H2,(H,32,33)/b31-18+. The van der Waals surface area contributed by atoms with Crippen LogP contribution < -0.4 is 19.6 Å². The molecule has 0 heterocycles. The van der Waals surface area contributed by atoms with E-state index in [9.17, 15) is 4.79 Å². The largest absolute Gasteiger partial charge is 0.489 e. The van der Waals surface area contributed by atoms with Gasteiger partial charge in [-0.25, -0.2) is 5.43 Å². The minimum Gasteiger partial charge on any atom is -0.489 e. The molecule has 0 aliphatic rings. The third-order valence-corrected chi connectivity index (χ3v) is 5.30. The van der Waals surface area contributed by atoms with E-state index in [1.165, 1.54) is 0 Å². The van der Waals surface area contributed by atoms with Crippen molar-refractivity contribution in [2.45, 2.75) is 13.2 Å². The topological polar surface area (TPSA) is 69.2 Å². The molecule has 0 saturated carbocycles. The molecule has 0 aromatic heterocycles. The number of carbonyl (C=O) groups is 1. The lowest BCUT2D eigenvalue weighted by atomic mass is 10.2. The lowest BCUT2D eigenvalue weighted by Crippen LogP contribution is -2.24. The maximum absolute atomic E-state index is 12.0. The summed E-state index contributed by atoms with van der Waals surface area (Å²) >= 11 is 5.89. The number of nitrogens with one attached hydrogen (secondary N) is 1. The highest BCUT2D eigenvalue weighted by molar-refractivity contribution is 6.30. The van der Waals surface area contributed by atoms with E-state index in [0.29, 0.717) is 24.0 Å². The average molecular weight is 501 g/mol. The predicted molar refractivity (Wildman–Crippen MR) is 141 cm³/mol. The van der Waals surface area contributed by atoms with Gasteiger partial charge in [0.2, 0.25) is 0 Å². The molecule has 36 heavy (non-hydrogen) atoms. The van der Waals surface area contributed by atoms with Gasteiger partial charge in [0.05, 0.1) is 6.21 Å². The summed E-state index contributed by atoms with van der Waals surface area (Å²) in [5.74, 6) is 1.66. The summed E-state index contributed by atoms with van der Waals surface area (Å²) in [6.45, 7) is 0.781. The molecule has 0 spiro atoms. The second-order valence-electron chi connectivity index (χ2n) is 7.81. The van der Waals surface area contributed by atoms with Crippen LogP contribution in [0, 0.1) is 0 Å². The number of nitrogens with zero attached hydrogens (tertiary/aromatic N) is 1. The van der Waals surface area contributed by atoms with Crippen molar-refractivity contribution in [3.63, 3.8) is 0 Å². The number of hydrogen-bond donors (Lipinski definition) is 1. The molecule has 0 fully saturated rings. The number of halogens is 1. The summed E-state index contributed by atoms with van der Waals surface area (Å²) in [5.41, 5.74) is 5.40. The van der Waals surface area contributed by atoms with Crippen LogP contribution in [0.1, 0.15) is 16.7 Å². The summed E-state index contributed by atoms with van der Waals surface area (Å²) in [4.78, 5) is 12.0. The molecular weight excluding hydrogens is 476 g/mol. The Morgan fingerprint density at radius 3 is 1.83 bits per heavy atom. The minimum atomic E-state index is -0.362. The fraction of sp³-hybridized carbons (Fsp3) is 0.103. The van der Waals surface area contributed by atoms with Crippen molar-refractivity contribution >= 4 is 23.7 Å². The number of rotatable bonds is 11. The molecule has 1 N–H and O–H groups in total. The van der Waals surface area contributed by atoms with Crippen molar-refractivity contribution in [1.29, 1.82) is 0 Å². The summed E-state index contributed by atoms with van der Waals surface area (Å²) in [6, 6.07) is 31.9. The Morgan fingerprint density at radius 2 is 1.22 bits per heavy atom. The average Bonchev–Trinajstić information content (AvgIpc) is 2.92. The van der Waals surface area contributed by atoms with Crippen LogP contribution in [0.3, 0.4) is 0 Å². The molecule has 0 saturated heterocycles. The lowest BCUT2D eigenvalue weighted by Gasteiger charge is -2.08. The van der Waals surface area contributed by atoms with Crippen LogP contribution in [0.2, 0.25) is 5.02 Å². The predicted octanol–water partition coefficient (Wildman–Crippen LogP) is 6.03. The number of ether oxygens (including phenoxy) is 3. The van der Waals surface area contributed by atoms with Crippen LogP contribution in [0.25, 0.3) is 0 Å². The van der Waals surface area contributed by atoms with Gasteiger partial charge in [-0.3, -0.25) is 4.79 Å². The van der Waals surface area contributed by atoms with Crippen molar-refractivity contribution in [3.8, 4) is 17.2 Å². The minimum absolute atomic E-state index is 0.154. The molecule has 6 nitrogen and oxygen atoms in total. The van der Waals surface area contributed by atoms with E-state index >= 15 is 0 Å². The van der Waals surface area contributed by atoms with Crippen molar-refractivity contribution < 1.29 is 19.0 Å². The maximum Gasteiger partial charge on any atom is 0.277 e. The van der Waals surface area contributed by atoms with E-state index < -0.39 is 0 Å². The second kappa shape index (κ2) is 13.0. The first-order chi connectivity index (χ1) is 17.6. The van der Waals surface area contributed by atoms with Crippen LogP contribution in [0.15, 0.2) is 108 Å². The van der Waals surface area contributed by atoms with Gasteiger partial charge < -0.3 is 14.2 Å². The van der Waals surface area contributed by atoms with Gasteiger partial charge in [0.1, 0.15) is 30.5 Å². The molecule has 0 atom stereocenters. The number of hydrogen-bond acceptors (Lipinski definition) is 5. The van der Waals surface area contributed by atoms with Crippen molar-refractivity contribution in [2.75, 3.05) is 6.61 Å². The van der Waals surface area contributed by atoms with Gasteiger partial charge >= 0.3 is 0 Å². The summed E-state index contributed by atoms with van der Waals surface area (Å²) in [5, 5.41) is 4.67. The molecule has 4 aromatic carbocycles. The van der Waals surface area contributed by atoms with Crippen LogP contribution in [0.5, 0.6) is 17.2 Å². The highest BCUT2D eigenvalue weighted by Gasteiger charge is 2.03. The number of carbonyl (C=O) groups excluding carboxylic acids is 1. The molecule has 0 radical (unpaired) electrons. The van der Waals surface area contributed by atoms with E-state index in [1.54, 1.807) is 30.5 Å². The Balaban J connectivity index is 1.15. The first-order valence-corrected chi connectivity index (χ1v) is 11.7. The Labute approximate surface area is 215 Å². The van der Waals surface area contributed by atoms with Gasteiger partial charge in [-0.1, -0.05) is 54.1 Å². The van der Waals surface area contributed by atoms with Gasteiger partial charge in [-0.15, -0.1) is 0 Å². The van der Waals surface area contributed by atoms with Crippen LogP contribution in [-0.2, 0) is 18.0 Å². The van der Waals surface area contributed by atoms with E-state index in [0.717, 1.165) is 28.2 Å². The van der Waals surface area contributed by atoms with Crippen LogP contribution in [0.4, 0.5) is 0 Å². The quantitative estimate of drug-likeness (QED) is 0.202. The van der Waals surface area contributed by atoms with Crippen molar-refractivity contribution in [1.82, 2.24) is 5.43 Å². The highest BCUT2D eigenvalue weighted by Crippen LogP contribution is 2.19. The zero-order chi connectivity index (χ0) is 25.0. The van der Waals surface area contributed by atoms with E-state index in [4.69, 9.17) is 25.8 Å². The molecule has 0 unspecified atom stereocenters. The van der Waals surface area contributed by atoms with Crippen LogP contribution in [-0.4, -0.2) is 18.7 Å². The molecule has 0 bridgehead atoms. The molecule has 0 aliphatic heterocycles. The fourth-order valence-corrected chi connectivity index (χ4v) is 3.26. The van der Waals surface area contributed by atoms with Gasteiger partial charge in [-0.2, -0.15) is 5.10 Å². The summed E-state index contributed by atoms with van der Waals surface area (Å²) < 4.78 is 17.0. The van der Waals surface area contributed by atoms with E-state index in [-0.39, 0.29) is 12.5 Å². The van der Waals surface area contributed by atoms with Gasteiger partial charge in [-0.05, 0) is 77.4 Å². The zero-order valence-corrected chi connectivity index (χ0v) is 20.2. The molecule has 182 valence electrons. The normalized spacial score (nSPS) is 10.7. The Kier molecular flexibility index (Phi) is 8.95. The summed E-state index contributed by atoms with van der Waals surface area (Å²) in [7, 11) is 0. The van der Waals surface area contributed by atoms with Gasteiger partial charge in [0.25, 0.3) is 5.91 Å². The first-order valence-electron chi connectivity index (χ1n) is 11.3. The van der Waals surface area contributed by atoms with Gasteiger partial charge in [0.15, 0.2) is 6.61 Å². The third kappa shape index (κ3) is 8.18. The molecule has 0 aliphatic carbocycles. The Hall–Kier alpha value is -4.29. The Bertz CT molecular complexity index is 1260. The molecule has 7 heteroatoms. The van der Waals surface area contributed by atoms with Crippen molar-refractivity contribution in [3.05, 3.63) is 125 Å². The lowest BCUT2D eigenvalue weighted by molar-refractivity contribution is -0.123. The smallest absolute Gasteiger partial charge is 0.277 e. The van der Waals surface area contributed by atoms with Crippen molar-refractivity contribution in [2.24, 2.45) is 5.10 Å². The molecular formula is C29H25ClN2O4. The SMILES string of the molecule is O=C(COc1ccc(OCc2ccccc2)cc1)N/N=C/c1ccc(OCc2ccc(Cl)cc2)cc1. The highest BCUT2D eigenvalue weighted by atomic mass is 35.5. The number of hydrazone groups is 1. The van der Waals surface area contributed by atoms with E-state index in [2.05, 4.69) is 10.5 Å². The summed E-state index contributed by atoms with van der Waals surface area (Å²) in [6.07, 6.45) is 1.56. The number of amides is 1.